The summed E-state index contributed by atoms with van der Waals surface area (Å²) >= 11 is 11.5. The topological polar surface area (TPSA) is 54.9 Å². The predicted octanol–water partition coefficient (Wildman–Crippen LogP) is 2.77. The Hall–Kier alpha value is -0.870. The molecule has 0 saturated heterocycles. The van der Waals surface area contributed by atoms with Crippen LogP contribution in [0.5, 0.6) is 0 Å². The number of amides is 1. The van der Waals surface area contributed by atoms with E-state index in [1.165, 1.54) is 6.33 Å². The van der Waals surface area contributed by atoms with Gasteiger partial charge in [0.2, 0.25) is 5.91 Å². The number of hydrogen-bond acceptors (Lipinski definition) is 3. The van der Waals surface area contributed by atoms with Crippen molar-refractivity contribution in [2.75, 3.05) is 5.32 Å². The van der Waals surface area contributed by atoms with Crippen LogP contribution >= 0.6 is 23.2 Å². The van der Waals surface area contributed by atoms with Gasteiger partial charge >= 0.3 is 0 Å². The first kappa shape index (κ1) is 12.2. The van der Waals surface area contributed by atoms with Crippen LogP contribution in [0.3, 0.4) is 0 Å². The van der Waals surface area contributed by atoms with Gasteiger partial charge < -0.3 is 5.32 Å². The van der Waals surface area contributed by atoms with Gasteiger partial charge in [0, 0.05) is 6.42 Å². The molecule has 1 aromatic rings. The molecule has 6 heteroatoms. The number of rotatable bonds is 3. The first-order valence-corrected chi connectivity index (χ1v) is 5.22. The number of anilines is 1. The van der Waals surface area contributed by atoms with Gasteiger partial charge in [-0.1, -0.05) is 37.0 Å². The van der Waals surface area contributed by atoms with Crippen molar-refractivity contribution in [3.63, 3.8) is 0 Å². The van der Waals surface area contributed by atoms with E-state index in [2.05, 4.69) is 15.3 Å². The van der Waals surface area contributed by atoms with Crippen molar-refractivity contribution in [3.8, 4) is 0 Å². The quantitative estimate of drug-likeness (QED) is 0.836. The highest BCUT2D eigenvalue weighted by Crippen LogP contribution is 2.25. The normalized spacial score (nSPS) is 10.5. The lowest BCUT2D eigenvalue weighted by Gasteiger charge is -2.08. The standard InChI is InChI=1S/C9H11Cl2N3O/c1-5(2)3-6(15)14-7-8(10)12-4-13-9(7)11/h4-5H,3H2,1-2H3,(H,14,15). The van der Waals surface area contributed by atoms with Crippen LogP contribution in [-0.4, -0.2) is 15.9 Å². The molecule has 0 atom stereocenters. The zero-order valence-electron chi connectivity index (χ0n) is 8.42. The van der Waals surface area contributed by atoms with E-state index in [4.69, 9.17) is 23.2 Å². The fourth-order valence-corrected chi connectivity index (χ4v) is 1.42. The summed E-state index contributed by atoms with van der Waals surface area (Å²) in [5.74, 6) is 0.121. The lowest BCUT2D eigenvalue weighted by Crippen LogP contribution is -2.15. The van der Waals surface area contributed by atoms with Gasteiger partial charge in [-0.05, 0) is 5.92 Å². The second-order valence-electron chi connectivity index (χ2n) is 3.48. The van der Waals surface area contributed by atoms with Crippen molar-refractivity contribution in [2.45, 2.75) is 20.3 Å². The monoisotopic (exact) mass is 247 g/mol. The number of halogens is 2. The van der Waals surface area contributed by atoms with E-state index in [1.54, 1.807) is 0 Å². The first-order valence-electron chi connectivity index (χ1n) is 4.46. The molecule has 1 amide bonds. The molecule has 0 fully saturated rings. The Kier molecular flexibility index (Phi) is 4.29. The van der Waals surface area contributed by atoms with Gasteiger partial charge in [0.25, 0.3) is 0 Å². The summed E-state index contributed by atoms with van der Waals surface area (Å²) in [5, 5.41) is 2.87. The molecule has 1 rings (SSSR count). The van der Waals surface area contributed by atoms with E-state index in [-0.39, 0.29) is 27.8 Å². The molecule has 0 aliphatic rings. The summed E-state index contributed by atoms with van der Waals surface area (Å²) in [6.07, 6.45) is 1.64. The third kappa shape index (κ3) is 3.64. The maximum Gasteiger partial charge on any atom is 0.224 e. The summed E-state index contributed by atoms with van der Waals surface area (Å²) in [4.78, 5) is 18.9. The number of hydrogen-bond donors (Lipinski definition) is 1. The van der Waals surface area contributed by atoms with E-state index < -0.39 is 0 Å². The summed E-state index contributed by atoms with van der Waals surface area (Å²) in [5.41, 5.74) is 0.270. The molecule has 15 heavy (non-hydrogen) atoms. The van der Waals surface area contributed by atoms with Crippen LogP contribution < -0.4 is 5.32 Å². The van der Waals surface area contributed by atoms with Crippen molar-refractivity contribution in [1.82, 2.24) is 9.97 Å². The van der Waals surface area contributed by atoms with Gasteiger partial charge in [-0.25, -0.2) is 9.97 Å². The summed E-state index contributed by atoms with van der Waals surface area (Å²) in [6, 6.07) is 0. The van der Waals surface area contributed by atoms with E-state index in [0.717, 1.165) is 0 Å². The Bertz CT molecular complexity index is 348. The summed E-state index contributed by atoms with van der Waals surface area (Å²) in [7, 11) is 0. The van der Waals surface area contributed by atoms with Gasteiger partial charge in [0.05, 0.1) is 0 Å². The molecule has 1 aromatic heterocycles. The Morgan fingerprint density at radius 2 is 1.93 bits per heavy atom. The molecule has 0 saturated carbocycles. The van der Waals surface area contributed by atoms with Gasteiger partial charge in [-0.3, -0.25) is 4.79 Å². The molecule has 1 heterocycles. The Morgan fingerprint density at radius 3 is 2.40 bits per heavy atom. The van der Waals surface area contributed by atoms with Crippen LogP contribution in [0.2, 0.25) is 10.3 Å². The largest absolute Gasteiger partial charge is 0.321 e. The van der Waals surface area contributed by atoms with Crippen molar-refractivity contribution >= 4 is 34.8 Å². The van der Waals surface area contributed by atoms with Crippen molar-refractivity contribution in [2.24, 2.45) is 5.92 Å². The van der Waals surface area contributed by atoms with Crippen LogP contribution in [0, 0.1) is 5.92 Å². The van der Waals surface area contributed by atoms with Gasteiger partial charge in [0.1, 0.15) is 12.0 Å². The zero-order chi connectivity index (χ0) is 11.4. The Balaban J connectivity index is 2.76. The molecule has 82 valence electrons. The molecule has 1 N–H and O–H groups in total. The molecule has 0 aliphatic carbocycles. The van der Waals surface area contributed by atoms with Crippen LogP contribution in [0.4, 0.5) is 5.69 Å². The van der Waals surface area contributed by atoms with Crippen LogP contribution in [0.25, 0.3) is 0 Å². The molecule has 0 spiro atoms. The zero-order valence-corrected chi connectivity index (χ0v) is 9.93. The molecule has 0 unspecified atom stereocenters. The van der Waals surface area contributed by atoms with Crippen LogP contribution in [-0.2, 0) is 4.79 Å². The molecule has 0 aliphatic heterocycles. The summed E-state index contributed by atoms with van der Waals surface area (Å²) in [6.45, 7) is 3.90. The van der Waals surface area contributed by atoms with E-state index in [0.29, 0.717) is 6.42 Å². The van der Waals surface area contributed by atoms with E-state index >= 15 is 0 Å². The third-order valence-corrected chi connectivity index (χ3v) is 2.19. The molecule has 0 bridgehead atoms. The van der Waals surface area contributed by atoms with Crippen LogP contribution in [0.1, 0.15) is 20.3 Å². The highest BCUT2D eigenvalue weighted by molar-refractivity contribution is 6.38. The van der Waals surface area contributed by atoms with Crippen molar-refractivity contribution in [3.05, 3.63) is 16.6 Å². The number of nitrogens with zero attached hydrogens (tertiary/aromatic N) is 2. The minimum atomic E-state index is -0.149. The van der Waals surface area contributed by atoms with Gasteiger partial charge in [0.15, 0.2) is 10.3 Å². The van der Waals surface area contributed by atoms with E-state index in [9.17, 15) is 4.79 Å². The first-order chi connectivity index (χ1) is 7.00. The fourth-order valence-electron chi connectivity index (χ4n) is 1.01. The predicted molar refractivity (Wildman–Crippen MR) is 60.1 cm³/mol. The Morgan fingerprint density at radius 1 is 1.40 bits per heavy atom. The average Bonchev–Trinajstić information content (AvgIpc) is 2.10. The fraction of sp³-hybridized carbons (Fsp3) is 0.444. The second kappa shape index (κ2) is 5.28. The molecule has 0 aromatic carbocycles. The number of carbonyl (C=O) groups is 1. The lowest BCUT2D eigenvalue weighted by molar-refractivity contribution is -0.116. The maximum atomic E-state index is 11.4. The Labute approximate surface area is 98.0 Å². The van der Waals surface area contributed by atoms with Gasteiger partial charge in [-0.2, -0.15) is 0 Å². The number of aromatic nitrogens is 2. The SMILES string of the molecule is CC(C)CC(=O)Nc1c(Cl)ncnc1Cl. The van der Waals surface area contributed by atoms with Crippen LogP contribution in [0.15, 0.2) is 6.33 Å². The number of carbonyl (C=O) groups excluding carboxylic acids is 1. The minimum Gasteiger partial charge on any atom is -0.321 e. The molecule has 0 radical (unpaired) electrons. The summed E-state index contributed by atoms with van der Waals surface area (Å²) < 4.78 is 0. The highest BCUT2D eigenvalue weighted by Gasteiger charge is 2.12. The smallest absolute Gasteiger partial charge is 0.224 e. The average molecular weight is 248 g/mol. The highest BCUT2D eigenvalue weighted by atomic mass is 35.5. The molecule has 4 nitrogen and oxygen atoms in total. The minimum absolute atomic E-state index is 0.145. The molecular weight excluding hydrogens is 237 g/mol. The van der Waals surface area contributed by atoms with Crippen molar-refractivity contribution in [1.29, 1.82) is 0 Å². The van der Waals surface area contributed by atoms with E-state index in [1.807, 2.05) is 13.8 Å². The number of nitrogens with one attached hydrogen (secondary N) is 1. The maximum absolute atomic E-state index is 11.4. The molecular formula is C9H11Cl2N3O. The lowest BCUT2D eigenvalue weighted by atomic mass is 10.1. The van der Waals surface area contributed by atoms with Crippen molar-refractivity contribution < 1.29 is 4.79 Å². The second-order valence-corrected chi connectivity index (χ2v) is 4.19. The third-order valence-electron chi connectivity index (χ3n) is 1.61. The van der Waals surface area contributed by atoms with Gasteiger partial charge in [-0.15, -0.1) is 0 Å².